The maximum Gasteiger partial charge on any atom is 0.320 e. The minimum atomic E-state index is -0.761. The summed E-state index contributed by atoms with van der Waals surface area (Å²) in [6.45, 7) is 1.38. The molecule has 0 radical (unpaired) electrons. The Kier molecular flexibility index (Phi) is 2.84. The molecular formula is C7H14N2O2. The second-order valence-corrected chi connectivity index (χ2v) is 2.97. The van der Waals surface area contributed by atoms with Gasteiger partial charge in [0.1, 0.15) is 6.04 Å². The Bertz CT molecular complexity index is 149. The van der Waals surface area contributed by atoms with Crippen molar-refractivity contribution in [3.8, 4) is 0 Å². The molecule has 4 nitrogen and oxygen atoms in total. The van der Waals surface area contributed by atoms with Crippen LogP contribution in [0.2, 0.25) is 0 Å². The number of carboxylic acid groups (broad SMARTS) is 1. The van der Waals surface area contributed by atoms with Crippen molar-refractivity contribution < 1.29 is 9.90 Å². The van der Waals surface area contributed by atoms with E-state index < -0.39 is 5.97 Å². The van der Waals surface area contributed by atoms with E-state index in [4.69, 9.17) is 10.8 Å². The van der Waals surface area contributed by atoms with E-state index in [0.29, 0.717) is 18.9 Å². The monoisotopic (exact) mass is 158 g/mol. The number of piperidine rings is 1. The minimum absolute atomic E-state index is 0.378. The molecule has 4 heteroatoms. The predicted octanol–water partition coefficient (Wildman–Crippen LogP) is -0.602. The van der Waals surface area contributed by atoms with Gasteiger partial charge in [-0.05, 0) is 31.8 Å². The molecule has 1 aliphatic rings. The molecule has 1 saturated heterocycles. The Morgan fingerprint density at radius 2 is 2.45 bits per heavy atom. The Morgan fingerprint density at radius 1 is 1.73 bits per heavy atom. The summed E-state index contributed by atoms with van der Waals surface area (Å²) in [7, 11) is 0. The Balaban J connectivity index is 2.39. The first-order valence-corrected chi connectivity index (χ1v) is 3.90. The van der Waals surface area contributed by atoms with Gasteiger partial charge in [0.2, 0.25) is 0 Å². The average Bonchev–Trinajstić information content (AvgIpc) is 2.05. The fourth-order valence-electron chi connectivity index (χ4n) is 1.40. The minimum Gasteiger partial charge on any atom is -0.480 e. The molecular weight excluding hydrogens is 144 g/mol. The van der Waals surface area contributed by atoms with Gasteiger partial charge in [-0.3, -0.25) is 4.79 Å². The van der Waals surface area contributed by atoms with Gasteiger partial charge < -0.3 is 16.2 Å². The molecule has 2 unspecified atom stereocenters. The van der Waals surface area contributed by atoms with Crippen LogP contribution in [0, 0.1) is 5.92 Å². The molecule has 0 aromatic rings. The summed E-state index contributed by atoms with van der Waals surface area (Å²) in [6, 6.07) is -0.378. The number of nitrogens with two attached hydrogens (primary N) is 1. The van der Waals surface area contributed by atoms with Crippen LogP contribution in [0.4, 0.5) is 0 Å². The van der Waals surface area contributed by atoms with E-state index in [9.17, 15) is 4.79 Å². The fourth-order valence-corrected chi connectivity index (χ4v) is 1.40. The maximum atomic E-state index is 10.5. The molecule has 0 aliphatic carbocycles. The summed E-state index contributed by atoms with van der Waals surface area (Å²) in [6.07, 6.45) is 1.67. The first-order chi connectivity index (χ1) is 5.24. The molecule has 1 aliphatic heterocycles. The van der Waals surface area contributed by atoms with E-state index in [1.165, 1.54) is 0 Å². The normalized spacial score (nSPS) is 31.7. The molecule has 64 valence electrons. The van der Waals surface area contributed by atoms with Gasteiger partial charge in [0.15, 0.2) is 0 Å². The van der Waals surface area contributed by atoms with Crippen LogP contribution in [0.5, 0.6) is 0 Å². The molecule has 2 atom stereocenters. The third-order valence-corrected chi connectivity index (χ3v) is 2.14. The fraction of sp³-hybridized carbons (Fsp3) is 0.857. The van der Waals surface area contributed by atoms with Crippen LogP contribution in [0.3, 0.4) is 0 Å². The second-order valence-electron chi connectivity index (χ2n) is 2.97. The largest absolute Gasteiger partial charge is 0.480 e. The highest BCUT2D eigenvalue weighted by Gasteiger charge is 2.25. The summed E-state index contributed by atoms with van der Waals surface area (Å²) in [5.74, 6) is -0.375. The lowest BCUT2D eigenvalue weighted by atomic mass is 9.93. The van der Waals surface area contributed by atoms with E-state index in [2.05, 4.69) is 5.32 Å². The van der Waals surface area contributed by atoms with Crippen molar-refractivity contribution in [1.29, 1.82) is 0 Å². The molecule has 0 amide bonds. The van der Waals surface area contributed by atoms with Crippen molar-refractivity contribution in [2.24, 2.45) is 11.7 Å². The summed E-state index contributed by atoms with van der Waals surface area (Å²) < 4.78 is 0. The van der Waals surface area contributed by atoms with E-state index in [1.54, 1.807) is 0 Å². The quantitative estimate of drug-likeness (QED) is 0.501. The van der Waals surface area contributed by atoms with Crippen molar-refractivity contribution in [2.75, 3.05) is 13.1 Å². The molecule has 0 spiro atoms. The SMILES string of the molecule is NCC1CCNC(C(=O)O)C1. The number of hydrogen-bond donors (Lipinski definition) is 3. The highest BCUT2D eigenvalue weighted by atomic mass is 16.4. The maximum absolute atomic E-state index is 10.5. The van der Waals surface area contributed by atoms with Crippen LogP contribution in [-0.4, -0.2) is 30.2 Å². The Labute approximate surface area is 65.8 Å². The molecule has 1 heterocycles. The van der Waals surface area contributed by atoms with Crippen molar-refractivity contribution in [1.82, 2.24) is 5.32 Å². The lowest BCUT2D eigenvalue weighted by Gasteiger charge is -2.26. The van der Waals surface area contributed by atoms with Crippen molar-refractivity contribution in [3.05, 3.63) is 0 Å². The molecule has 0 saturated carbocycles. The van der Waals surface area contributed by atoms with Crippen LogP contribution in [-0.2, 0) is 4.79 Å². The van der Waals surface area contributed by atoms with Gasteiger partial charge in [0, 0.05) is 0 Å². The van der Waals surface area contributed by atoms with Crippen LogP contribution in [0.15, 0.2) is 0 Å². The molecule has 1 fully saturated rings. The second kappa shape index (κ2) is 3.69. The first kappa shape index (κ1) is 8.49. The van der Waals surface area contributed by atoms with Crippen molar-refractivity contribution in [2.45, 2.75) is 18.9 Å². The topological polar surface area (TPSA) is 75.3 Å². The smallest absolute Gasteiger partial charge is 0.320 e. The number of carboxylic acids is 1. The molecule has 1 rings (SSSR count). The lowest BCUT2D eigenvalue weighted by molar-refractivity contribution is -0.140. The van der Waals surface area contributed by atoms with Crippen LogP contribution < -0.4 is 11.1 Å². The number of rotatable bonds is 2. The van der Waals surface area contributed by atoms with Gasteiger partial charge >= 0.3 is 5.97 Å². The molecule has 11 heavy (non-hydrogen) atoms. The van der Waals surface area contributed by atoms with E-state index >= 15 is 0 Å². The molecule has 0 aromatic heterocycles. The zero-order valence-electron chi connectivity index (χ0n) is 6.42. The van der Waals surface area contributed by atoms with Gasteiger partial charge in [-0.15, -0.1) is 0 Å². The third-order valence-electron chi connectivity index (χ3n) is 2.14. The molecule has 4 N–H and O–H groups in total. The molecule has 0 aromatic carbocycles. The highest BCUT2D eigenvalue weighted by Crippen LogP contribution is 2.14. The van der Waals surface area contributed by atoms with Gasteiger partial charge in [0.25, 0.3) is 0 Å². The highest BCUT2D eigenvalue weighted by molar-refractivity contribution is 5.73. The standard InChI is InChI=1S/C7H14N2O2/c8-4-5-1-2-9-6(3-5)7(10)11/h5-6,9H,1-4,8H2,(H,10,11). The van der Waals surface area contributed by atoms with E-state index in [-0.39, 0.29) is 6.04 Å². The number of carbonyl (C=O) groups is 1. The van der Waals surface area contributed by atoms with E-state index in [0.717, 1.165) is 13.0 Å². The Hall–Kier alpha value is -0.610. The average molecular weight is 158 g/mol. The zero-order chi connectivity index (χ0) is 8.27. The lowest BCUT2D eigenvalue weighted by Crippen LogP contribution is -2.44. The van der Waals surface area contributed by atoms with Gasteiger partial charge in [0.05, 0.1) is 0 Å². The van der Waals surface area contributed by atoms with Gasteiger partial charge in [-0.25, -0.2) is 0 Å². The number of nitrogens with one attached hydrogen (secondary N) is 1. The zero-order valence-corrected chi connectivity index (χ0v) is 6.42. The van der Waals surface area contributed by atoms with Gasteiger partial charge in [-0.1, -0.05) is 0 Å². The van der Waals surface area contributed by atoms with Crippen LogP contribution in [0.25, 0.3) is 0 Å². The van der Waals surface area contributed by atoms with Crippen LogP contribution in [0.1, 0.15) is 12.8 Å². The third kappa shape index (κ3) is 2.17. The van der Waals surface area contributed by atoms with Gasteiger partial charge in [-0.2, -0.15) is 0 Å². The predicted molar refractivity (Wildman–Crippen MR) is 41.2 cm³/mol. The first-order valence-electron chi connectivity index (χ1n) is 3.90. The summed E-state index contributed by atoms with van der Waals surface area (Å²) in [5.41, 5.74) is 5.44. The van der Waals surface area contributed by atoms with Crippen LogP contribution >= 0.6 is 0 Å². The summed E-state index contributed by atoms with van der Waals surface area (Å²) >= 11 is 0. The van der Waals surface area contributed by atoms with E-state index in [1.807, 2.05) is 0 Å². The van der Waals surface area contributed by atoms with Crippen molar-refractivity contribution in [3.63, 3.8) is 0 Å². The van der Waals surface area contributed by atoms with Crippen molar-refractivity contribution >= 4 is 5.97 Å². The molecule has 0 bridgehead atoms. The summed E-state index contributed by atoms with van der Waals surface area (Å²) in [4.78, 5) is 10.5. The summed E-state index contributed by atoms with van der Waals surface area (Å²) in [5, 5.41) is 11.6. The number of aliphatic carboxylic acids is 1. The number of hydrogen-bond acceptors (Lipinski definition) is 3. The Morgan fingerprint density at radius 3 is 3.00 bits per heavy atom.